The number of halogens is 4. The summed E-state index contributed by atoms with van der Waals surface area (Å²) >= 11 is 13.4. The van der Waals surface area contributed by atoms with Gasteiger partial charge in [-0.3, -0.25) is 4.79 Å². The summed E-state index contributed by atoms with van der Waals surface area (Å²) in [4.78, 5) is 16.1. The summed E-state index contributed by atoms with van der Waals surface area (Å²) in [5.41, 5.74) is 1.17. The maximum absolute atomic E-state index is 12.1. The van der Waals surface area contributed by atoms with Crippen LogP contribution in [0.5, 0.6) is 0 Å². The third kappa shape index (κ3) is 3.87. The van der Waals surface area contributed by atoms with Crippen LogP contribution >= 0.6 is 63.7 Å². The highest BCUT2D eigenvalue weighted by atomic mass is 79.9. The van der Waals surface area contributed by atoms with Crippen molar-refractivity contribution in [2.24, 2.45) is 0 Å². The average Bonchev–Trinajstić information content (AvgIpc) is 2.34. The molecule has 19 heavy (non-hydrogen) atoms. The molecule has 2 rings (SSSR count). The van der Waals surface area contributed by atoms with E-state index in [0.717, 1.165) is 13.4 Å². The molecule has 2 aromatic rings. The van der Waals surface area contributed by atoms with E-state index in [4.69, 9.17) is 0 Å². The maximum Gasteiger partial charge on any atom is 0.257 e. The topological polar surface area (TPSA) is 42.0 Å². The second-order valence-corrected chi connectivity index (χ2v) is 7.00. The predicted octanol–water partition coefficient (Wildman–Crippen LogP) is 5.38. The molecule has 0 aliphatic carbocycles. The lowest BCUT2D eigenvalue weighted by atomic mass is 10.2. The van der Waals surface area contributed by atoms with Gasteiger partial charge in [-0.2, -0.15) is 0 Å². The molecule has 0 unspecified atom stereocenters. The molecule has 0 fully saturated rings. The summed E-state index contributed by atoms with van der Waals surface area (Å²) in [6.07, 6.45) is 1.51. The van der Waals surface area contributed by atoms with Gasteiger partial charge in [0.15, 0.2) is 0 Å². The van der Waals surface area contributed by atoms with Crippen LogP contribution < -0.4 is 5.32 Å². The fourth-order valence-corrected chi connectivity index (χ4v) is 4.05. The zero-order valence-corrected chi connectivity index (χ0v) is 15.6. The molecule has 0 bridgehead atoms. The first-order valence-corrected chi connectivity index (χ1v) is 8.22. The van der Waals surface area contributed by atoms with E-state index in [9.17, 15) is 4.79 Å². The van der Waals surface area contributed by atoms with Crippen LogP contribution in [0.3, 0.4) is 0 Å². The van der Waals surface area contributed by atoms with Gasteiger partial charge in [-0.05, 0) is 72.1 Å². The number of benzene rings is 1. The molecule has 1 aromatic carbocycles. The molecule has 3 nitrogen and oxygen atoms in total. The third-order valence-electron chi connectivity index (χ3n) is 2.23. The molecule has 98 valence electrons. The van der Waals surface area contributed by atoms with Crippen LogP contribution in [0.2, 0.25) is 0 Å². The molecule has 1 amide bonds. The molecule has 0 aliphatic rings. The SMILES string of the molecule is O=C(Nc1c(Br)cc(Br)cc1Br)c1ccc(Br)nc1. The van der Waals surface area contributed by atoms with Gasteiger partial charge in [0, 0.05) is 19.6 Å². The van der Waals surface area contributed by atoms with Gasteiger partial charge in [-0.25, -0.2) is 4.98 Å². The Kier molecular flexibility index (Phi) is 5.16. The van der Waals surface area contributed by atoms with Crippen molar-refractivity contribution in [2.45, 2.75) is 0 Å². The highest BCUT2D eigenvalue weighted by molar-refractivity contribution is 9.11. The third-order valence-corrected chi connectivity index (χ3v) is 4.41. The van der Waals surface area contributed by atoms with Gasteiger partial charge in [0.2, 0.25) is 0 Å². The minimum atomic E-state index is -0.219. The maximum atomic E-state index is 12.1. The molecule has 0 saturated heterocycles. The Morgan fingerprint density at radius 1 is 1.05 bits per heavy atom. The van der Waals surface area contributed by atoms with Crippen molar-refractivity contribution in [2.75, 3.05) is 5.32 Å². The van der Waals surface area contributed by atoms with E-state index < -0.39 is 0 Å². The summed E-state index contributed by atoms with van der Waals surface area (Å²) in [6, 6.07) is 7.15. The van der Waals surface area contributed by atoms with Crippen LogP contribution in [-0.4, -0.2) is 10.9 Å². The number of carbonyl (C=O) groups is 1. The molecule has 0 atom stereocenters. The Balaban J connectivity index is 2.26. The van der Waals surface area contributed by atoms with Crippen LogP contribution in [0.4, 0.5) is 5.69 Å². The Morgan fingerprint density at radius 2 is 1.68 bits per heavy atom. The van der Waals surface area contributed by atoms with E-state index in [0.29, 0.717) is 15.9 Å². The molecule has 0 saturated carbocycles. The molecular formula is C12H6Br4N2O. The van der Waals surface area contributed by atoms with Crippen molar-refractivity contribution in [1.82, 2.24) is 4.98 Å². The van der Waals surface area contributed by atoms with Crippen molar-refractivity contribution in [3.63, 3.8) is 0 Å². The number of pyridine rings is 1. The molecule has 1 N–H and O–H groups in total. The van der Waals surface area contributed by atoms with Gasteiger partial charge in [0.05, 0.1) is 11.3 Å². The normalized spacial score (nSPS) is 10.3. The lowest BCUT2D eigenvalue weighted by molar-refractivity contribution is 0.102. The van der Waals surface area contributed by atoms with Gasteiger partial charge in [0.25, 0.3) is 5.91 Å². The number of carbonyl (C=O) groups excluding carboxylic acids is 1. The molecule has 0 radical (unpaired) electrons. The zero-order chi connectivity index (χ0) is 14.0. The van der Waals surface area contributed by atoms with Crippen molar-refractivity contribution in [1.29, 1.82) is 0 Å². The molecule has 1 heterocycles. The number of aromatic nitrogens is 1. The van der Waals surface area contributed by atoms with Crippen molar-refractivity contribution in [3.05, 3.63) is 54.0 Å². The van der Waals surface area contributed by atoms with Gasteiger partial charge in [-0.1, -0.05) is 15.9 Å². The standard InChI is InChI=1S/C12H6Br4N2O/c13-7-3-8(14)11(9(15)4-7)18-12(19)6-1-2-10(16)17-5-6/h1-5H,(H,18,19). The number of hydrogen-bond acceptors (Lipinski definition) is 2. The van der Waals surface area contributed by atoms with E-state index in [1.54, 1.807) is 12.1 Å². The fourth-order valence-electron chi connectivity index (χ4n) is 1.36. The van der Waals surface area contributed by atoms with Crippen LogP contribution in [0.15, 0.2) is 48.5 Å². The zero-order valence-electron chi connectivity index (χ0n) is 9.25. The Labute approximate surface area is 143 Å². The molecule has 0 spiro atoms. The molecular weight excluding hydrogens is 508 g/mol. The van der Waals surface area contributed by atoms with Gasteiger partial charge in [-0.15, -0.1) is 0 Å². The lowest BCUT2D eigenvalue weighted by Crippen LogP contribution is -2.13. The Bertz CT molecular complexity index is 605. The van der Waals surface area contributed by atoms with Crippen LogP contribution in [-0.2, 0) is 0 Å². The monoisotopic (exact) mass is 510 g/mol. The fraction of sp³-hybridized carbons (Fsp3) is 0. The number of anilines is 1. The predicted molar refractivity (Wildman–Crippen MR) is 89.4 cm³/mol. The first kappa shape index (κ1) is 15.2. The van der Waals surface area contributed by atoms with Gasteiger partial charge in [0.1, 0.15) is 4.60 Å². The van der Waals surface area contributed by atoms with E-state index in [1.165, 1.54) is 6.20 Å². The Hall–Kier alpha value is -0.240. The van der Waals surface area contributed by atoms with Crippen molar-refractivity contribution in [3.8, 4) is 0 Å². The summed E-state index contributed by atoms with van der Waals surface area (Å²) in [6.45, 7) is 0. The second kappa shape index (κ2) is 6.47. The minimum absolute atomic E-state index is 0.219. The van der Waals surface area contributed by atoms with E-state index in [2.05, 4.69) is 74.0 Å². The van der Waals surface area contributed by atoms with E-state index in [1.807, 2.05) is 12.1 Å². The molecule has 0 aliphatic heterocycles. The first-order valence-electron chi connectivity index (χ1n) is 5.05. The average molecular weight is 514 g/mol. The molecule has 1 aromatic heterocycles. The number of rotatable bonds is 2. The van der Waals surface area contributed by atoms with E-state index in [-0.39, 0.29) is 5.91 Å². The quantitative estimate of drug-likeness (QED) is 0.548. The van der Waals surface area contributed by atoms with Gasteiger partial charge >= 0.3 is 0 Å². The largest absolute Gasteiger partial charge is 0.320 e. The van der Waals surface area contributed by atoms with Crippen molar-refractivity contribution < 1.29 is 4.79 Å². The summed E-state index contributed by atoms with van der Waals surface area (Å²) in [7, 11) is 0. The Morgan fingerprint density at radius 3 is 2.21 bits per heavy atom. The van der Waals surface area contributed by atoms with Crippen LogP contribution in [0.1, 0.15) is 10.4 Å². The number of nitrogens with one attached hydrogen (secondary N) is 1. The van der Waals surface area contributed by atoms with Crippen molar-refractivity contribution >= 4 is 75.3 Å². The summed E-state index contributed by atoms with van der Waals surface area (Å²) in [5, 5.41) is 2.83. The highest BCUT2D eigenvalue weighted by Crippen LogP contribution is 2.34. The number of amides is 1. The van der Waals surface area contributed by atoms with E-state index >= 15 is 0 Å². The summed E-state index contributed by atoms with van der Waals surface area (Å²) in [5.74, 6) is -0.219. The molecule has 7 heteroatoms. The van der Waals surface area contributed by atoms with Crippen LogP contribution in [0.25, 0.3) is 0 Å². The highest BCUT2D eigenvalue weighted by Gasteiger charge is 2.12. The smallest absolute Gasteiger partial charge is 0.257 e. The first-order chi connectivity index (χ1) is 8.97. The lowest BCUT2D eigenvalue weighted by Gasteiger charge is -2.10. The minimum Gasteiger partial charge on any atom is -0.320 e. The summed E-state index contributed by atoms with van der Waals surface area (Å²) < 4.78 is 3.17. The van der Waals surface area contributed by atoms with Crippen LogP contribution in [0, 0.1) is 0 Å². The number of nitrogens with zero attached hydrogens (tertiary/aromatic N) is 1. The number of hydrogen-bond donors (Lipinski definition) is 1. The van der Waals surface area contributed by atoms with Gasteiger partial charge < -0.3 is 5.32 Å². The second-order valence-electron chi connectivity index (χ2n) is 3.57.